The summed E-state index contributed by atoms with van der Waals surface area (Å²) in [4.78, 5) is 4.66. The molecule has 56 valence electrons. The molecule has 0 aliphatic heterocycles. The Labute approximate surface area is 68.4 Å². The van der Waals surface area contributed by atoms with Crippen LogP contribution in [0.3, 0.4) is 0 Å². The van der Waals surface area contributed by atoms with E-state index in [1.807, 2.05) is 0 Å². The van der Waals surface area contributed by atoms with Crippen molar-refractivity contribution < 1.29 is 0 Å². The van der Waals surface area contributed by atoms with Crippen molar-refractivity contribution in [1.29, 1.82) is 10.8 Å². The van der Waals surface area contributed by atoms with Crippen LogP contribution in [0.5, 0.6) is 0 Å². The first-order chi connectivity index (χ1) is 5.34. The number of thiazole rings is 1. The number of rotatable bonds is 3. The van der Waals surface area contributed by atoms with Crippen LogP contribution >= 0.6 is 11.3 Å². The summed E-state index contributed by atoms with van der Waals surface area (Å²) in [6.45, 7) is 0. The van der Waals surface area contributed by atoms with E-state index in [9.17, 15) is 0 Å². The van der Waals surface area contributed by atoms with Gasteiger partial charge < -0.3 is 5.41 Å². The quantitative estimate of drug-likeness (QED) is 0.658. The normalized spacial score (nSPS) is 10.2. The first kappa shape index (κ1) is 7.81. The van der Waals surface area contributed by atoms with E-state index in [1.54, 1.807) is 17.8 Å². The van der Waals surface area contributed by atoms with Crippen molar-refractivity contribution in [2.45, 2.75) is 0 Å². The van der Waals surface area contributed by atoms with Gasteiger partial charge >= 0.3 is 0 Å². The number of nitrogens with one attached hydrogen (secondary N) is 2. The van der Waals surface area contributed by atoms with Crippen LogP contribution in [0.4, 0.5) is 0 Å². The fraction of sp³-hybridized carbons (Fsp3) is 0. The molecule has 1 rings (SSSR count). The van der Waals surface area contributed by atoms with Crippen molar-refractivity contribution in [1.82, 2.24) is 4.98 Å². The SMILES string of the molecule is N=C/C=C\C(=N)c1cncs1. The van der Waals surface area contributed by atoms with Gasteiger partial charge in [-0.1, -0.05) is 0 Å². The lowest BCUT2D eigenvalue weighted by Gasteiger charge is -1.87. The third-order valence-corrected chi connectivity index (χ3v) is 1.86. The molecule has 0 bridgehead atoms. The summed E-state index contributed by atoms with van der Waals surface area (Å²) < 4.78 is 0. The molecular weight excluding hydrogens is 158 g/mol. The summed E-state index contributed by atoms with van der Waals surface area (Å²) in [6.07, 6.45) is 5.87. The molecule has 1 aromatic heterocycles. The number of hydrogen-bond donors (Lipinski definition) is 2. The van der Waals surface area contributed by atoms with Gasteiger partial charge in [0.1, 0.15) is 0 Å². The molecule has 2 N–H and O–H groups in total. The lowest BCUT2D eigenvalue weighted by Crippen LogP contribution is -1.88. The Bertz CT molecular complexity index is 274. The van der Waals surface area contributed by atoms with Gasteiger partial charge in [-0.2, -0.15) is 0 Å². The van der Waals surface area contributed by atoms with Crippen LogP contribution in [0, 0.1) is 10.8 Å². The van der Waals surface area contributed by atoms with Gasteiger partial charge in [-0.3, -0.25) is 10.4 Å². The molecule has 0 unspecified atom stereocenters. The Morgan fingerprint density at radius 1 is 1.64 bits per heavy atom. The van der Waals surface area contributed by atoms with E-state index < -0.39 is 0 Å². The zero-order valence-corrected chi connectivity index (χ0v) is 6.56. The van der Waals surface area contributed by atoms with Crippen LogP contribution < -0.4 is 0 Å². The number of nitrogens with zero attached hydrogens (tertiary/aromatic N) is 1. The molecule has 0 aliphatic rings. The van der Waals surface area contributed by atoms with Gasteiger partial charge in [-0.05, 0) is 12.2 Å². The van der Waals surface area contributed by atoms with Crippen LogP contribution in [-0.2, 0) is 0 Å². The minimum absolute atomic E-state index is 0.399. The van der Waals surface area contributed by atoms with Gasteiger partial charge in [0.2, 0.25) is 0 Å². The average molecular weight is 165 g/mol. The fourth-order valence-corrected chi connectivity index (χ4v) is 1.13. The third kappa shape index (κ3) is 2.09. The van der Waals surface area contributed by atoms with E-state index in [-0.39, 0.29) is 0 Å². The average Bonchev–Trinajstić information content (AvgIpc) is 2.52. The molecule has 0 aliphatic carbocycles. The second kappa shape index (κ2) is 3.78. The van der Waals surface area contributed by atoms with Crippen LogP contribution in [0.25, 0.3) is 0 Å². The Kier molecular flexibility index (Phi) is 2.68. The molecule has 0 radical (unpaired) electrons. The van der Waals surface area contributed by atoms with Gasteiger partial charge in [0.25, 0.3) is 0 Å². The fourth-order valence-electron chi connectivity index (χ4n) is 0.575. The van der Waals surface area contributed by atoms with E-state index in [0.29, 0.717) is 5.71 Å². The van der Waals surface area contributed by atoms with Crippen molar-refractivity contribution in [2.75, 3.05) is 0 Å². The summed E-state index contributed by atoms with van der Waals surface area (Å²) in [5.74, 6) is 0. The summed E-state index contributed by atoms with van der Waals surface area (Å²) in [5, 5.41) is 14.1. The van der Waals surface area contributed by atoms with E-state index in [0.717, 1.165) is 11.1 Å². The maximum absolute atomic E-state index is 7.43. The summed E-state index contributed by atoms with van der Waals surface area (Å²) in [6, 6.07) is 0. The highest BCUT2D eigenvalue weighted by atomic mass is 32.1. The smallest absolute Gasteiger partial charge is 0.0798 e. The number of aromatic nitrogens is 1. The van der Waals surface area contributed by atoms with Crippen LogP contribution in [0.1, 0.15) is 4.88 Å². The van der Waals surface area contributed by atoms with Gasteiger partial charge in [0.15, 0.2) is 0 Å². The van der Waals surface area contributed by atoms with E-state index >= 15 is 0 Å². The minimum Gasteiger partial charge on any atom is -0.309 e. The van der Waals surface area contributed by atoms with Crippen LogP contribution in [0.15, 0.2) is 23.9 Å². The Balaban J connectivity index is 2.71. The predicted molar refractivity (Wildman–Crippen MR) is 46.9 cm³/mol. The first-order valence-electron chi connectivity index (χ1n) is 2.99. The molecule has 0 aromatic carbocycles. The number of hydrogen-bond acceptors (Lipinski definition) is 4. The molecule has 0 amide bonds. The highest BCUT2D eigenvalue weighted by Gasteiger charge is 1.96. The molecule has 1 heterocycles. The lowest BCUT2D eigenvalue weighted by atomic mass is 10.3. The molecule has 3 nitrogen and oxygen atoms in total. The molecule has 4 heteroatoms. The standard InChI is InChI=1S/C7H7N3S/c8-3-1-2-6(9)7-4-10-5-11-7/h1-5,8-9H/b2-1-,8-3?,9-6?. The van der Waals surface area contributed by atoms with E-state index in [4.69, 9.17) is 10.8 Å². The zero-order valence-electron chi connectivity index (χ0n) is 5.74. The topological polar surface area (TPSA) is 60.6 Å². The number of allylic oxidation sites excluding steroid dienone is 2. The molecule has 0 saturated heterocycles. The van der Waals surface area contributed by atoms with Crippen molar-refractivity contribution in [3.05, 3.63) is 28.7 Å². The maximum Gasteiger partial charge on any atom is 0.0798 e. The predicted octanol–water partition coefficient (Wildman–Crippen LogP) is 1.72. The van der Waals surface area contributed by atoms with Gasteiger partial charge in [0.05, 0.1) is 16.1 Å². The Morgan fingerprint density at radius 3 is 3.00 bits per heavy atom. The van der Waals surface area contributed by atoms with Crippen molar-refractivity contribution >= 4 is 23.3 Å². The Morgan fingerprint density at radius 2 is 2.45 bits per heavy atom. The van der Waals surface area contributed by atoms with Gasteiger partial charge in [-0.25, -0.2) is 0 Å². The highest BCUT2D eigenvalue weighted by Crippen LogP contribution is 2.06. The van der Waals surface area contributed by atoms with E-state index in [2.05, 4.69) is 4.98 Å². The minimum atomic E-state index is 0.399. The Hall–Kier alpha value is -1.29. The molecule has 1 aromatic rings. The summed E-state index contributed by atoms with van der Waals surface area (Å²) in [7, 11) is 0. The van der Waals surface area contributed by atoms with Gasteiger partial charge in [-0.15, -0.1) is 11.3 Å². The molecule has 0 atom stereocenters. The molecule has 0 saturated carbocycles. The second-order valence-corrected chi connectivity index (χ2v) is 2.69. The first-order valence-corrected chi connectivity index (χ1v) is 3.87. The lowest BCUT2D eigenvalue weighted by molar-refractivity contribution is 1.41. The summed E-state index contributed by atoms with van der Waals surface area (Å²) in [5.41, 5.74) is 2.08. The molecule has 11 heavy (non-hydrogen) atoms. The van der Waals surface area contributed by atoms with Gasteiger partial charge in [0, 0.05) is 12.4 Å². The molecule has 0 spiro atoms. The van der Waals surface area contributed by atoms with E-state index in [1.165, 1.54) is 17.4 Å². The second-order valence-electron chi connectivity index (χ2n) is 1.81. The molecule has 0 fully saturated rings. The highest BCUT2D eigenvalue weighted by molar-refractivity contribution is 7.11. The van der Waals surface area contributed by atoms with Crippen LogP contribution in [0.2, 0.25) is 0 Å². The summed E-state index contributed by atoms with van der Waals surface area (Å²) >= 11 is 1.42. The molecular formula is C7H7N3S. The van der Waals surface area contributed by atoms with Crippen LogP contribution in [-0.4, -0.2) is 16.9 Å². The largest absolute Gasteiger partial charge is 0.309 e. The van der Waals surface area contributed by atoms with Crippen molar-refractivity contribution in [3.63, 3.8) is 0 Å². The monoisotopic (exact) mass is 165 g/mol. The van der Waals surface area contributed by atoms with Crippen molar-refractivity contribution in [3.8, 4) is 0 Å². The zero-order chi connectivity index (χ0) is 8.10. The van der Waals surface area contributed by atoms with Crippen molar-refractivity contribution in [2.24, 2.45) is 0 Å². The maximum atomic E-state index is 7.43. The third-order valence-electron chi connectivity index (χ3n) is 1.06.